The van der Waals surface area contributed by atoms with Gasteiger partial charge in [0.05, 0.1) is 0 Å². The van der Waals surface area contributed by atoms with Gasteiger partial charge in [-0.05, 0) is 31.4 Å². The number of carbonyl (C=O) groups is 2. The third kappa shape index (κ3) is 3.26. The second kappa shape index (κ2) is 6.36. The molecule has 0 aromatic heterocycles. The Morgan fingerprint density at radius 3 is 2.60 bits per heavy atom. The number of halogens is 1. The van der Waals surface area contributed by atoms with Gasteiger partial charge in [-0.25, -0.2) is 9.18 Å². The number of rotatable bonds is 4. The lowest BCUT2D eigenvalue weighted by Crippen LogP contribution is -2.38. The lowest BCUT2D eigenvalue weighted by molar-refractivity contribution is -0.134. The van der Waals surface area contributed by atoms with Crippen LogP contribution in [0.2, 0.25) is 0 Å². The fourth-order valence-electron chi connectivity index (χ4n) is 2.21. The number of hydrogen-bond acceptors (Lipinski definition) is 3. The zero-order valence-electron chi connectivity index (χ0n) is 11.0. The highest BCUT2D eigenvalue weighted by Crippen LogP contribution is 2.21. The molecule has 0 atom stereocenters. The molecule has 20 heavy (non-hydrogen) atoms. The normalized spacial score (nSPS) is 14.9. The van der Waals surface area contributed by atoms with Gasteiger partial charge in [0.25, 0.3) is 5.91 Å². The van der Waals surface area contributed by atoms with E-state index >= 15 is 0 Å². The van der Waals surface area contributed by atoms with Crippen molar-refractivity contribution in [2.75, 3.05) is 19.7 Å². The first kappa shape index (κ1) is 14.3. The van der Waals surface area contributed by atoms with Gasteiger partial charge in [-0.3, -0.25) is 4.79 Å². The summed E-state index contributed by atoms with van der Waals surface area (Å²) >= 11 is 0. The van der Waals surface area contributed by atoms with Crippen molar-refractivity contribution in [2.45, 2.75) is 19.3 Å². The maximum atomic E-state index is 13.4. The summed E-state index contributed by atoms with van der Waals surface area (Å²) in [6.07, 6.45) is 3.04. The molecular formula is C14H16FNO4. The van der Waals surface area contributed by atoms with Gasteiger partial charge >= 0.3 is 5.97 Å². The van der Waals surface area contributed by atoms with E-state index < -0.39 is 17.3 Å². The Morgan fingerprint density at radius 2 is 1.95 bits per heavy atom. The summed E-state index contributed by atoms with van der Waals surface area (Å²) in [6.45, 7) is 1.11. The van der Waals surface area contributed by atoms with Crippen LogP contribution in [0.5, 0.6) is 5.75 Å². The number of carbonyl (C=O) groups excluding carboxylic acids is 1. The summed E-state index contributed by atoms with van der Waals surface area (Å²) in [5.41, 5.74) is -0.543. The zero-order valence-corrected chi connectivity index (χ0v) is 11.0. The lowest BCUT2D eigenvalue weighted by Gasteiger charge is -2.26. The number of ether oxygens (including phenoxy) is 1. The second-order valence-corrected chi connectivity index (χ2v) is 4.65. The van der Waals surface area contributed by atoms with Crippen LogP contribution in [0.1, 0.15) is 29.6 Å². The lowest BCUT2D eigenvalue weighted by atomic mass is 10.1. The van der Waals surface area contributed by atoms with Gasteiger partial charge in [-0.15, -0.1) is 0 Å². The summed E-state index contributed by atoms with van der Waals surface area (Å²) in [5.74, 6) is -2.61. The number of nitrogens with zero attached hydrogens (tertiary/aromatic N) is 1. The molecule has 1 aromatic rings. The predicted molar refractivity (Wildman–Crippen MR) is 69.3 cm³/mol. The van der Waals surface area contributed by atoms with E-state index in [1.54, 1.807) is 4.90 Å². The number of carboxylic acid groups (broad SMARTS) is 1. The standard InChI is InChI=1S/C14H16FNO4/c15-10-5-4-6-11(13(10)14(18)19)20-9-12(17)16-7-2-1-3-8-16/h4-6H,1-3,7-9H2,(H,18,19). The maximum Gasteiger partial charge on any atom is 0.342 e. The van der Waals surface area contributed by atoms with Crippen LogP contribution in [0, 0.1) is 5.82 Å². The first-order valence-electron chi connectivity index (χ1n) is 6.52. The van der Waals surface area contributed by atoms with E-state index in [-0.39, 0.29) is 18.3 Å². The first-order valence-corrected chi connectivity index (χ1v) is 6.52. The summed E-state index contributed by atoms with van der Waals surface area (Å²) in [4.78, 5) is 24.6. The minimum absolute atomic E-state index is 0.122. The molecule has 2 rings (SSSR count). The van der Waals surface area contributed by atoms with Gasteiger partial charge in [0.15, 0.2) is 6.61 Å². The molecule has 0 spiro atoms. The fraction of sp³-hybridized carbons (Fsp3) is 0.429. The molecular weight excluding hydrogens is 265 g/mol. The second-order valence-electron chi connectivity index (χ2n) is 4.65. The molecule has 0 aliphatic carbocycles. The highest BCUT2D eigenvalue weighted by atomic mass is 19.1. The van der Waals surface area contributed by atoms with Gasteiger partial charge in [0.2, 0.25) is 0 Å². The molecule has 0 bridgehead atoms. The molecule has 1 aromatic carbocycles. The predicted octanol–water partition coefficient (Wildman–Crippen LogP) is 1.92. The third-order valence-electron chi connectivity index (χ3n) is 3.25. The van der Waals surface area contributed by atoms with Crippen LogP contribution in [-0.4, -0.2) is 41.6 Å². The van der Waals surface area contributed by atoms with E-state index in [9.17, 15) is 14.0 Å². The van der Waals surface area contributed by atoms with Crippen molar-refractivity contribution in [1.29, 1.82) is 0 Å². The van der Waals surface area contributed by atoms with E-state index in [4.69, 9.17) is 9.84 Å². The number of aromatic carboxylic acids is 1. The van der Waals surface area contributed by atoms with E-state index in [0.29, 0.717) is 13.1 Å². The number of amides is 1. The molecule has 108 valence electrons. The fourth-order valence-corrected chi connectivity index (χ4v) is 2.21. The average molecular weight is 281 g/mol. The molecule has 1 aliphatic rings. The first-order chi connectivity index (χ1) is 9.59. The van der Waals surface area contributed by atoms with Crippen molar-refractivity contribution in [1.82, 2.24) is 4.90 Å². The Kier molecular flexibility index (Phi) is 4.55. The SMILES string of the molecule is O=C(O)c1c(F)cccc1OCC(=O)N1CCCCC1. The molecule has 1 amide bonds. The van der Waals surface area contributed by atoms with Crippen molar-refractivity contribution in [3.05, 3.63) is 29.6 Å². The minimum atomic E-state index is -1.41. The number of hydrogen-bond donors (Lipinski definition) is 1. The Balaban J connectivity index is 2.02. The topological polar surface area (TPSA) is 66.8 Å². The van der Waals surface area contributed by atoms with Crippen molar-refractivity contribution < 1.29 is 23.8 Å². The Morgan fingerprint density at radius 1 is 1.25 bits per heavy atom. The van der Waals surface area contributed by atoms with Gasteiger partial charge in [0.1, 0.15) is 17.1 Å². The van der Waals surface area contributed by atoms with Crippen LogP contribution in [-0.2, 0) is 4.79 Å². The Labute approximate surface area is 116 Å². The zero-order chi connectivity index (χ0) is 14.5. The smallest absolute Gasteiger partial charge is 0.342 e. The molecule has 5 nitrogen and oxygen atoms in total. The largest absolute Gasteiger partial charge is 0.483 e. The summed E-state index contributed by atoms with van der Waals surface area (Å²) in [5, 5.41) is 8.95. The summed E-state index contributed by atoms with van der Waals surface area (Å²) in [6, 6.07) is 3.74. The van der Waals surface area contributed by atoms with Crippen molar-refractivity contribution in [2.24, 2.45) is 0 Å². The number of likely N-dealkylation sites (tertiary alicyclic amines) is 1. The van der Waals surface area contributed by atoms with Crippen LogP contribution in [0.3, 0.4) is 0 Å². The van der Waals surface area contributed by atoms with E-state index in [1.165, 1.54) is 12.1 Å². The van der Waals surface area contributed by atoms with Crippen molar-refractivity contribution >= 4 is 11.9 Å². The Hall–Kier alpha value is -2.11. The molecule has 0 radical (unpaired) electrons. The molecule has 1 saturated heterocycles. The van der Waals surface area contributed by atoms with Gasteiger partial charge < -0.3 is 14.7 Å². The molecule has 1 aliphatic heterocycles. The minimum Gasteiger partial charge on any atom is -0.483 e. The highest BCUT2D eigenvalue weighted by Gasteiger charge is 2.20. The van der Waals surface area contributed by atoms with Crippen LogP contribution in [0.15, 0.2) is 18.2 Å². The number of carboxylic acids is 1. The van der Waals surface area contributed by atoms with Gasteiger partial charge in [0, 0.05) is 13.1 Å². The van der Waals surface area contributed by atoms with E-state index in [1.807, 2.05) is 0 Å². The van der Waals surface area contributed by atoms with Gasteiger partial charge in [-0.2, -0.15) is 0 Å². The van der Waals surface area contributed by atoms with Crippen LogP contribution in [0.25, 0.3) is 0 Å². The third-order valence-corrected chi connectivity index (χ3v) is 3.25. The molecule has 0 saturated carbocycles. The van der Waals surface area contributed by atoms with Crippen LogP contribution >= 0.6 is 0 Å². The Bertz CT molecular complexity index is 512. The molecule has 1 fully saturated rings. The van der Waals surface area contributed by atoms with Crippen molar-refractivity contribution in [3.8, 4) is 5.75 Å². The highest BCUT2D eigenvalue weighted by molar-refractivity contribution is 5.91. The quantitative estimate of drug-likeness (QED) is 0.915. The molecule has 1 heterocycles. The summed E-state index contributed by atoms with van der Waals surface area (Å²) in [7, 11) is 0. The van der Waals surface area contributed by atoms with Crippen LogP contribution < -0.4 is 4.74 Å². The number of benzene rings is 1. The van der Waals surface area contributed by atoms with Crippen molar-refractivity contribution in [3.63, 3.8) is 0 Å². The van der Waals surface area contributed by atoms with Crippen LogP contribution in [0.4, 0.5) is 4.39 Å². The molecule has 0 unspecified atom stereocenters. The van der Waals surface area contributed by atoms with Gasteiger partial charge in [-0.1, -0.05) is 6.07 Å². The maximum absolute atomic E-state index is 13.4. The van der Waals surface area contributed by atoms with E-state index in [0.717, 1.165) is 25.3 Å². The monoisotopic (exact) mass is 281 g/mol. The van der Waals surface area contributed by atoms with E-state index in [2.05, 4.69) is 0 Å². The number of piperidine rings is 1. The molecule has 1 N–H and O–H groups in total. The molecule has 6 heteroatoms. The summed E-state index contributed by atoms with van der Waals surface area (Å²) < 4.78 is 18.6. The average Bonchev–Trinajstić information content (AvgIpc) is 2.45.